The molecule has 0 radical (unpaired) electrons. The van der Waals surface area contributed by atoms with E-state index in [-0.39, 0.29) is 5.54 Å². The van der Waals surface area contributed by atoms with Crippen molar-refractivity contribution in [2.24, 2.45) is 11.7 Å². The highest BCUT2D eigenvalue weighted by atomic mass is 15.3. The van der Waals surface area contributed by atoms with Gasteiger partial charge in [0.15, 0.2) is 0 Å². The van der Waals surface area contributed by atoms with E-state index in [1.165, 1.54) is 44.2 Å². The van der Waals surface area contributed by atoms with Crippen LogP contribution in [-0.4, -0.2) is 29.6 Å². The van der Waals surface area contributed by atoms with Crippen LogP contribution in [0.1, 0.15) is 44.6 Å². The lowest BCUT2D eigenvalue weighted by molar-refractivity contribution is 0.0866. The molecule has 2 fully saturated rings. The predicted molar refractivity (Wildman–Crippen MR) is 84.7 cm³/mol. The molecule has 1 unspecified atom stereocenters. The molecule has 1 atom stereocenters. The minimum atomic E-state index is 0.180. The first-order valence-corrected chi connectivity index (χ1v) is 8.22. The zero-order chi connectivity index (χ0) is 14.0. The molecule has 2 N–H and O–H groups in total. The minimum Gasteiger partial charge on any atom is -0.329 e. The Morgan fingerprint density at radius 3 is 2.40 bits per heavy atom. The Balaban J connectivity index is 1.64. The lowest BCUT2D eigenvalue weighted by Gasteiger charge is -2.41. The molecule has 2 aliphatic carbocycles. The van der Waals surface area contributed by atoms with Gasteiger partial charge >= 0.3 is 0 Å². The van der Waals surface area contributed by atoms with Crippen LogP contribution in [-0.2, 0) is 6.42 Å². The van der Waals surface area contributed by atoms with Crippen molar-refractivity contribution in [1.82, 2.24) is 4.90 Å². The van der Waals surface area contributed by atoms with E-state index in [0.717, 1.165) is 24.9 Å². The molecule has 1 aromatic rings. The van der Waals surface area contributed by atoms with Crippen molar-refractivity contribution in [1.29, 1.82) is 0 Å². The Morgan fingerprint density at radius 1 is 1.15 bits per heavy atom. The standard InChI is InChI=1S/C18H28N2/c1-18(14-19,12-11-15-5-3-2-4-6-15)20(17-9-10-17)13-16-7-8-16/h2-6,16-17H,7-14,19H2,1H3. The topological polar surface area (TPSA) is 29.3 Å². The first-order valence-electron chi connectivity index (χ1n) is 8.22. The van der Waals surface area contributed by atoms with E-state index in [2.05, 4.69) is 42.2 Å². The molecule has 0 saturated heterocycles. The summed E-state index contributed by atoms with van der Waals surface area (Å²) in [5.74, 6) is 0.957. The summed E-state index contributed by atoms with van der Waals surface area (Å²) >= 11 is 0. The number of rotatable bonds is 8. The van der Waals surface area contributed by atoms with Crippen LogP contribution in [0.4, 0.5) is 0 Å². The Morgan fingerprint density at radius 2 is 1.85 bits per heavy atom. The van der Waals surface area contributed by atoms with E-state index >= 15 is 0 Å². The van der Waals surface area contributed by atoms with Crippen molar-refractivity contribution < 1.29 is 0 Å². The molecule has 110 valence electrons. The maximum Gasteiger partial charge on any atom is 0.0309 e. The smallest absolute Gasteiger partial charge is 0.0309 e. The zero-order valence-electron chi connectivity index (χ0n) is 12.7. The van der Waals surface area contributed by atoms with E-state index in [9.17, 15) is 0 Å². The summed E-state index contributed by atoms with van der Waals surface area (Å²) in [6, 6.07) is 11.7. The van der Waals surface area contributed by atoms with Gasteiger partial charge in [-0.25, -0.2) is 0 Å². The molecule has 0 aromatic heterocycles. The first-order chi connectivity index (χ1) is 9.71. The zero-order valence-corrected chi connectivity index (χ0v) is 12.7. The molecule has 2 aliphatic rings. The van der Waals surface area contributed by atoms with Gasteiger partial charge in [-0.2, -0.15) is 0 Å². The molecule has 2 saturated carbocycles. The van der Waals surface area contributed by atoms with Crippen LogP contribution in [0, 0.1) is 5.92 Å². The van der Waals surface area contributed by atoms with E-state index in [1.807, 2.05) is 0 Å². The maximum absolute atomic E-state index is 6.19. The van der Waals surface area contributed by atoms with Gasteiger partial charge in [-0.1, -0.05) is 30.3 Å². The fourth-order valence-corrected chi connectivity index (χ4v) is 3.20. The number of benzene rings is 1. The number of aryl methyl sites for hydroxylation is 1. The quantitative estimate of drug-likeness (QED) is 0.787. The lowest BCUT2D eigenvalue weighted by Crippen LogP contribution is -2.53. The van der Waals surface area contributed by atoms with Gasteiger partial charge in [0, 0.05) is 24.7 Å². The van der Waals surface area contributed by atoms with Crippen LogP contribution < -0.4 is 5.73 Å². The second kappa shape index (κ2) is 5.87. The number of nitrogens with two attached hydrogens (primary N) is 1. The Bertz CT molecular complexity index is 422. The van der Waals surface area contributed by atoms with Crippen molar-refractivity contribution in [3.8, 4) is 0 Å². The molecular weight excluding hydrogens is 244 g/mol. The van der Waals surface area contributed by atoms with E-state index in [1.54, 1.807) is 0 Å². The Labute approximate surface area is 123 Å². The van der Waals surface area contributed by atoms with Gasteiger partial charge in [0.2, 0.25) is 0 Å². The van der Waals surface area contributed by atoms with Crippen molar-refractivity contribution in [2.45, 2.75) is 57.0 Å². The molecule has 0 spiro atoms. The van der Waals surface area contributed by atoms with Crippen molar-refractivity contribution in [3.63, 3.8) is 0 Å². The Kier molecular flexibility index (Phi) is 4.13. The van der Waals surface area contributed by atoms with Gasteiger partial charge in [0.25, 0.3) is 0 Å². The summed E-state index contributed by atoms with van der Waals surface area (Å²) in [5.41, 5.74) is 7.81. The highest BCUT2D eigenvalue weighted by molar-refractivity contribution is 5.15. The van der Waals surface area contributed by atoms with E-state index < -0.39 is 0 Å². The lowest BCUT2D eigenvalue weighted by atomic mass is 9.90. The molecule has 3 rings (SSSR count). The van der Waals surface area contributed by atoms with Crippen molar-refractivity contribution >= 4 is 0 Å². The second-order valence-electron chi connectivity index (χ2n) is 7.01. The summed E-state index contributed by atoms with van der Waals surface area (Å²) in [4.78, 5) is 2.76. The number of hydrogen-bond donors (Lipinski definition) is 1. The number of nitrogens with zero attached hydrogens (tertiary/aromatic N) is 1. The van der Waals surface area contributed by atoms with Gasteiger partial charge in [-0.15, -0.1) is 0 Å². The van der Waals surface area contributed by atoms with Crippen LogP contribution >= 0.6 is 0 Å². The summed E-state index contributed by atoms with van der Waals surface area (Å²) in [6.45, 7) is 4.45. The molecule has 2 heteroatoms. The first kappa shape index (κ1) is 14.1. The summed E-state index contributed by atoms with van der Waals surface area (Å²) in [7, 11) is 0. The van der Waals surface area contributed by atoms with Gasteiger partial charge in [-0.3, -0.25) is 4.90 Å². The average molecular weight is 272 g/mol. The molecule has 0 heterocycles. The molecule has 0 aliphatic heterocycles. The third-order valence-electron chi connectivity index (χ3n) is 5.07. The van der Waals surface area contributed by atoms with Gasteiger partial charge in [0.05, 0.1) is 0 Å². The van der Waals surface area contributed by atoms with Crippen molar-refractivity contribution in [2.75, 3.05) is 13.1 Å². The third kappa shape index (κ3) is 3.42. The largest absolute Gasteiger partial charge is 0.329 e. The predicted octanol–water partition coefficient (Wildman–Crippen LogP) is 3.21. The average Bonchev–Trinajstić information content (AvgIpc) is 3.37. The molecule has 20 heavy (non-hydrogen) atoms. The van der Waals surface area contributed by atoms with E-state index in [4.69, 9.17) is 5.73 Å². The fourth-order valence-electron chi connectivity index (χ4n) is 3.20. The summed E-state index contributed by atoms with van der Waals surface area (Å²) in [6.07, 6.45) is 7.95. The molecule has 0 amide bonds. The maximum atomic E-state index is 6.19. The number of hydrogen-bond acceptors (Lipinski definition) is 2. The summed E-state index contributed by atoms with van der Waals surface area (Å²) in [5, 5.41) is 0. The summed E-state index contributed by atoms with van der Waals surface area (Å²) < 4.78 is 0. The molecule has 2 nitrogen and oxygen atoms in total. The van der Waals surface area contributed by atoms with Crippen LogP contribution in [0.5, 0.6) is 0 Å². The molecular formula is C18H28N2. The van der Waals surface area contributed by atoms with Gasteiger partial charge in [0.1, 0.15) is 0 Å². The third-order valence-corrected chi connectivity index (χ3v) is 5.07. The molecule has 0 bridgehead atoms. The highest BCUT2D eigenvalue weighted by Crippen LogP contribution is 2.39. The van der Waals surface area contributed by atoms with E-state index in [0.29, 0.717) is 0 Å². The fraction of sp³-hybridized carbons (Fsp3) is 0.667. The van der Waals surface area contributed by atoms with Crippen molar-refractivity contribution in [3.05, 3.63) is 35.9 Å². The van der Waals surface area contributed by atoms with Gasteiger partial charge < -0.3 is 5.73 Å². The normalized spacial score (nSPS) is 21.9. The van der Waals surface area contributed by atoms with Crippen LogP contribution in [0.25, 0.3) is 0 Å². The van der Waals surface area contributed by atoms with Crippen LogP contribution in [0.2, 0.25) is 0 Å². The van der Waals surface area contributed by atoms with Crippen LogP contribution in [0.15, 0.2) is 30.3 Å². The molecule has 1 aromatic carbocycles. The monoisotopic (exact) mass is 272 g/mol. The second-order valence-corrected chi connectivity index (χ2v) is 7.01. The Hall–Kier alpha value is -0.860. The highest BCUT2D eigenvalue weighted by Gasteiger charge is 2.42. The van der Waals surface area contributed by atoms with Crippen LogP contribution in [0.3, 0.4) is 0 Å². The van der Waals surface area contributed by atoms with Gasteiger partial charge in [-0.05, 0) is 56.9 Å². The SMILES string of the molecule is CC(CN)(CCc1ccccc1)N(CC1CC1)C1CC1. The minimum absolute atomic E-state index is 0.180.